The van der Waals surface area contributed by atoms with Crippen molar-refractivity contribution < 1.29 is 4.39 Å². The summed E-state index contributed by atoms with van der Waals surface area (Å²) in [6.45, 7) is 0.215. The number of fused-ring (bicyclic) bond motifs is 1. The van der Waals surface area contributed by atoms with Crippen molar-refractivity contribution in [2.45, 2.75) is 13.0 Å². The van der Waals surface area contributed by atoms with Crippen LogP contribution in [0.4, 0.5) is 4.39 Å². The fraction of sp³-hybridized carbons (Fsp3) is 0.133. The summed E-state index contributed by atoms with van der Waals surface area (Å²) in [5.74, 6) is -0.316. The third kappa shape index (κ3) is 2.60. The first-order chi connectivity index (χ1) is 10.1. The zero-order valence-corrected chi connectivity index (χ0v) is 11.0. The molecule has 6 heteroatoms. The number of halogens is 1. The first-order valence-electron chi connectivity index (χ1n) is 6.47. The average Bonchev–Trinajstić information content (AvgIpc) is 2.49. The van der Waals surface area contributed by atoms with Crippen molar-refractivity contribution in [2.75, 3.05) is 0 Å². The van der Waals surface area contributed by atoms with Gasteiger partial charge in [-0.15, -0.1) is 0 Å². The van der Waals surface area contributed by atoms with Crippen LogP contribution in [0.2, 0.25) is 0 Å². The Morgan fingerprint density at radius 2 is 1.90 bits per heavy atom. The summed E-state index contributed by atoms with van der Waals surface area (Å²) in [6, 6.07) is 9.26. The summed E-state index contributed by atoms with van der Waals surface area (Å²) in [7, 11) is 0. The van der Waals surface area contributed by atoms with Crippen molar-refractivity contribution in [1.82, 2.24) is 14.5 Å². The number of nitrogens with one attached hydrogen (secondary N) is 1. The zero-order valence-electron chi connectivity index (χ0n) is 11.0. The Hall–Kier alpha value is -2.76. The molecule has 1 aromatic carbocycles. The van der Waals surface area contributed by atoms with Gasteiger partial charge in [0, 0.05) is 12.7 Å². The minimum atomic E-state index is -0.470. The Bertz CT molecular complexity index is 897. The van der Waals surface area contributed by atoms with E-state index in [4.69, 9.17) is 0 Å². The number of hydrogen-bond acceptors (Lipinski definition) is 3. The number of hydrogen-bond donors (Lipinski definition) is 1. The Morgan fingerprint density at radius 3 is 2.67 bits per heavy atom. The fourth-order valence-electron chi connectivity index (χ4n) is 2.17. The molecular weight excluding hydrogens is 273 g/mol. The van der Waals surface area contributed by atoms with Gasteiger partial charge in [-0.2, -0.15) is 0 Å². The second-order valence-electron chi connectivity index (χ2n) is 4.66. The molecule has 0 saturated carbocycles. The van der Waals surface area contributed by atoms with E-state index >= 15 is 0 Å². The molecule has 0 atom stereocenters. The van der Waals surface area contributed by atoms with Gasteiger partial charge in [-0.25, -0.2) is 14.2 Å². The lowest BCUT2D eigenvalue weighted by Crippen LogP contribution is -2.36. The summed E-state index contributed by atoms with van der Waals surface area (Å²) < 4.78 is 13.9. The topological polar surface area (TPSA) is 67.8 Å². The fourth-order valence-corrected chi connectivity index (χ4v) is 2.17. The van der Waals surface area contributed by atoms with Gasteiger partial charge in [0.25, 0.3) is 5.56 Å². The molecule has 0 bridgehead atoms. The Kier molecular flexibility index (Phi) is 3.35. The minimum Gasteiger partial charge on any atom is -0.305 e. The molecule has 2 heterocycles. The predicted molar refractivity (Wildman–Crippen MR) is 76.7 cm³/mol. The van der Waals surface area contributed by atoms with Crippen molar-refractivity contribution in [3.63, 3.8) is 0 Å². The Morgan fingerprint density at radius 1 is 1.14 bits per heavy atom. The number of H-pyrrole nitrogens is 1. The molecular formula is C15H12FN3O2. The summed E-state index contributed by atoms with van der Waals surface area (Å²) in [4.78, 5) is 30.8. The summed E-state index contributed by atoms with van der Waals surface area (Å²) in [6.07, 6.45) is 1.97. The van der Waals surface area contributed by atoms with Crippen LogP contribution in [0.5, 0.6) is 0 Å². The van der Waals surface area contributed by atoms with Gasteiger partial charge in [-0.3, -0.25) is 9.36 Å². The molecule has 0 aliphatic carbocycles. The molecule has 0 spiro atoms. The molecule has 0 radical (unpaired) electrons. The van der Waals surface area contributed by atoms with E-state index in [1.165, 1.54) is 18.3 Å². The lowest BCUT2D eigenvalue weighted by atomic mass is 10.1. The van der Waals surface area contributed by atoms with E-state index in [0.29, 0.717) is 11.9 Å². The van der Waals surface area contributed by atoms with E-state index in [2.05, 4.69) is 9.97 Å². The standard InChI is InChI=1S/C15H12FN3O2/c16-11-5-3-10(4-6-11)7-9-19-14(20)13-12(18-15(19)21)2-1-8-17-13/h1-6,8H,7,9H2,(H,18,21). The van der Waals surface area contributed by atoms with Gasteiger partial charge in [-0.1, -0.05) is 12.1 Å². The molecule has 106 valence electrons. The maximum Gasteiger partial charge on any atom is 0.328 e. The summed E-state index contributed by atoms with van der Waals surface area (Å²) in [5.41, 5.74) is 0.615. The maximum absolute atomic E-state index is 12.8. The molecule has 0 aliphatic heterocycles. The monoisotopic (exact) mass is 285 g/mol. The number of pyridine rings is 1. The van der Waals surface area contributed by atoms with Crippen molar-refractivity contribution in [3.8, 4) is 0 Å². The van der Waals surface area contributed by atoms with E-state index in [-0.39, 0.29) is 17.9 Å². The van der Waals surface area contributed by atoms with Crippen molar-refractivity contribution in [2.24, 2.45) is 0 Å². The predicted octanol–water partition coefficient (Wildman–Crippen LogP) is 1.47. The lowest BCUT2D eigenvalue weighted by Gasteiger charge is -2.06. The van der Waals surface area contributed by atoms with Gasteiger partial charge < -0.3 is 4.98 Å². The number of aromatic nitrogens is 3. The number of aryl methyl sites for hydroxylation is 1. The highest BCUT2D eigenvalue weighted by Crippen LogP contribution is 2.04. The van der Waals surface area contributed by atoms with Gasteiger partial charge >= 0.3 is 5.69 Å². The second-order valence-corrected chi connectivity index (χ2v) is 4.66. The maximum atomic E-state index is 12.8. The number of aromatic amines is 1. The van der Waals surface area contributed by atoms with Crippen LogP contribution in [0, 0.1) is 5.82 Å². The van der Waals surface area contributed by atoms with Crippen LogP contribution in [-0.2, 0) is 13.0 Å². The van der Waals surface area contributed by atoms with Crippen LogP contribution in [0.3, 0.4) is 0 Å². The average molecular weight is 285 g/mol. The summed E-state index contributed by atoms with van der Waals surface area (Å²) in [5, 5.41) is 0. The van der Waals surface area contributed by atoms with E-state index in [1.807, 2.05) is 0 Å². The highest BCUT2D eigenvalue weighted by Gasteiger charge is 2.08. The molecule has 3 rings (SSSR count). The molecule has 1 N–H and O–H groups in total. The molecule has 0 fully saturated rings. The lowest BCUT2D eigenvalue weighted by molar-refractivity contribution is 0.620. The first kappa shape index (κ1) is 13.2. The van der Waals surface area contributed by atoms with Crippen LogP contribution in [0.1, 0.15) is 5.56 Å². The quantitative estimate of drug-likeness (QED) is 0.792. The Labute approximate surface area is 118 Å². The minimum absolute atomic E-state index is 0.215. The van der Waals surface area contributed by atoms with Crippen LogP contribution in [-0.4, -0.2) is 14.5 Å². The Balaban J connectivity index is 1.95. The highest BCUT2D eigenvalue weighted by atomic mass is 19.1. The van der Waals surface area contributed by atoms with E-state index in [1.54, 1.807) is 24.3 Å². The molecule has 0 saturated heterocycles. The molecule has 0 unspecified atom stereocenters. The van der Waals surface area contributed by atoms with Crippen LogP contribution < -0.4 is 11.2 Å². The van der Waals surface area contributed by atoms with Gasteiger partial charge in [0.15, 0.2) is 5.52 Å². The van der Waals surface area contributed by atoms with E-state index < -0.39 is 11.2 Å². The molecule has 0 aliphatic rings. The van der Waals surface area contributed by atoms with Gasteiger partial charge in [0.05, 0.1) is 5.52 Å². The SMILES string of the molecule is O=c1[nH]c2cccnc2c(=O)n1CCc1ccc(F)cc1. The molecule has 2 aromatic heterocycles. The molecule has 21 heavy (non-hydrogen) atoms. The third-order valence-electron chi connectivity index (χ3n) is 3.28. The third-order valence-corrected chi connectivity index (χ3v) is 3.28. The van der Waals surface area contributed by atoms with Crippen molar-refractivity contribution >= 4 is 11.0 Å². The second kappa shape index (κ2) is 5.32. The van der Waals surface area contributed by atoms with Crippen LogP contribution in [0.15, 0.2) is 52.2 Å². The van der Waals surface area contributed by atoms with Gasteiger partial charge in [-0.05, 0) is 36.2 Å². The van der Waals surface area contributed by atoms with Gasteiger partial charge in [0.1, 0.15) is 5.82 Å². The highest BCUT2D eigenvalue weighted by molar-refractivity contribution is 5.71. The smallest absolute Gasteiger partial charge is 0.305 e. The van der Waals surface area contributed by atoms with Crippen molar-refractivity contribution in [3.05, 3.63) is 74.8 Å². The van der Waals surface area contributed by atoms with Crippen molar-refractivity contribution in [1.29, 1.82) is 0 Å². The number of rotatable bonds is 3. The van der Waals surface area contributed by atoms with E-state index in [0.717, 1.165) is 10.1 Å². The van der Waals surface area contributed by atoms with Crippen LogP contribution in [0.25, 0.3) is 11.0 Å². The number of nitrogens with zero attached hydrogens (tertiary/aromatic N) is 2. The van der Waals surface area contributed by atoms with Gasteiger partial charge in [0.2, 0.25) is 0 Å². The first-order valence-corrected chi connectivity index (χ1v) is 6.47. The summed E-state index contributed by atoms with van der Waals surface area (Å²) >= 11 is 0. The molecule has 5 nitrogen and oxygen atoms in total. The van der Waals surface area contributed by atoms with E-state index in [9.17, 15) is 14.0 Å². The molecule has 0 amide bonds. The zero-order chi connectivity index (χ0) is 14.8. The normalized spacial score (nSPS) is 10.9. The largest absolute Gasteiger partial charge is 0.328 e. The number of benzene rings is 1. The van der Waals surface area contributed by atoms with Crippen LogP contribution >= 0.6 is 0 Å². The molecule has 3 aromatic rings.